The van der Waals surface area contributed by atoms with E-state index in [0.717, 1.165) is 4.47 Å². The number of nitro benzene ring substituents is 1. The molecule has 100 valence electrons. The van der Waals surface area contributed by atoms with Crippen LogP contribution in [0.2, 0.25) is 0 Å². The van der Waals surface area contributed by atoms with E-state index in [-0.39, 0.29) is 5.69 Å². The lowest BCUT2D eigenvalue weighted by Gasteiger charge is -2.10. The minimum absolute atomic E-state index is 0.117. The molecule has 0 radical (unpaired) electrons. The maximum atomic E-state index is 11.1. The van der Waals surface area contributed by atoms with Crippen molar-refractivity contribution in [2.24, 2.45) is 0 Å². The zero-order valence-electron chi connectivity index (χ0n) is 10.2. The number of hydrogen-bond acceptors (Lipinski definition) is 5. The molecule has 8 heteroatoms. The van der Waals surface area contributed by atoms with E-state index in [2.05, 4.69) is 21.0 Å². The first kappa shape index (κ1) is 13.3. The second-order valence-electron chi connectivity index (χ2n) is 3.56. The number of nitrogens with zero attached hydrogens (tertiary/aromatic N) is 3. The fraction of sp³-hybridized carbons (Fsp3) is 0.182. The quantitative estimate of drug-likeness (QED) is 0.636. The van der Waals surface area contributed by atoms with Crippen LogP contribution in [-0.2, 0) is 0 Å². The topological polar surface area (TPSA) is 79.4 Å². The summed E-state index contributed by atoms with van der Waals surface area (Å²) in [4.78, 5) is 10.6. The van der Waals surface area contributed by atoms with Gasteiger partial charge in [-0.05, 0) is 15.9 Å². The molecule has 1 aromatic heterocycles. The molecule has 0 bridgehead atoms. The molecule has 0 aliphatic carbocycles. The highest BCUT2D eigenvalue weighted by molar-refractivity contribution is 9.10. The zero-order valence-corrected chi connectivity index (χ0v) is 11.7. The molecule has 2 rings (SSSR count). The molecule has 7 nitrogen and oxygen atoms in total. The van der Waals surface area contributed by atoms with Gasteiger partial charge in [0, 0.05) is 12.3 Å². The average Bonchev–Trinajstić information content (AvgIpc) is 2.83. The van der Waals surface area contributed by atoms with Gasteiger partial charge in [0.25, 0.3) is 5.69 Å². The number of ether oxygens (including phenoxy) is 2. The van der Waals surface area contributed by atoms with E-state index in [4.69, 9.17) is 9.47 Å². The first-order valence-corrected chi connectivity index (χ1v) is 5.97. The molecule has 19 heavy (non-hydrogen) atoms. The van der Waals surface area contributed by atoms with Gasteiger partial charge < -0.3 is 9.47 Å². The van der Waals surface area contributed by atoms with Gasteiger partial charge in [-0.2, -0.15) is 5.10 Å². The van der Waals surface area contributed by atoms with Crippen molar-refractivity contribution in [3.05, 3.63) is 39.1 Å². The lowest BCUT2D eigenvalue weighted by molar-refractivity contribution is -0.384. The second-order valence-corrected chi connectivity index (χ2v) is 4.47. The summed E-state index contributed by atoms with van der Waals surface area (Å²) in [6.07, 6.45) is 3.16. The van der Waals surface area contributed by atoms with Gasteiger partial charge in [-0.25, -0.2) is 4.68 Å². The monoisotopic (exact) mass is 327 g/mol. The Morgan fingerprint density at radius 3 is 2.42 bits per heavy atom. The van der Waals surface area contributed by atoms with Crippen LogP contribution in [0.5, 0.6) is 11.5 Å². The molecular formula is C11H10BrN3O4. The molecule has 0 spiro atoms. The van der Waals surface area contributed by atoms with Crippen LogP contribution in [0.3, 0.4) is 0 Å². The number of nitro groups is 1. The van der Waals surface area contributed by atoms with Crippen LogP contribution in [0.15, 0.2) is 29.0 Å². The van der Waals surface area contributed by atoms with Crippen LogP contribution in [0, 0.1) is 10.1 Å². The van der Waals surface area contributed by atoms with Crippen molar-refractivity contribution in [1.29, 1.82) is 0 Å². The molecule has 0 saturated heterocycles. The van der Waals surface area contributed by atoms with E-state index in [0.29, 0.717) is 17.2 Å². The van der Waals surface area contributed by atoms with Crippen LogP contribution >= 0.6 is 15.9 Å². The SMILES string of the molecule is COc1cc(-n2cc(Br)cn2)c([N+](=O)[O-])cc1OC. The number of hydrogen-bond donors (Lipinski definition) is 0. The smallest absolute Gasteiger partial charge is 0.298 e. The van der Waals surface area contributed by atoms with Crippen molar-refractivity contribution >= 4 is 21.6 Å². The van der Waals surface area contributed by atoms with Crippen LogP contribution in [-0.4, -0.2) is 28.9 Å². The Labute approximate surface area is 117 Å². The predicted molar refractivity (Wildman–Crippen MR) is 71.0 cm³/mol. The number of aromatic nitrogens is 2. The Kier molecular flexibility index (Phi) is 3.70. The molecule has 0 N–H and O–H groups in total. The molecule has 0 aliphatic rings. The second kappa shape index (κ2) is 5.27. The first-order chi connectivity index (χ1) is 9.06. The summed E-state index contributed by atoms with van der Waals surface area (Å²) in [5.74, 6) is 0.693. The summed E-state index contributed by atoms with van der Waals surface area (Å²) in [7, 11) is 2.89. The molecular weight excluding hydrogens is 318 g/mol. The molecule has 0 aliphatic heterocycles. The van der Waals surface area contributed by atoms with Crippen LogP contribution in [0.4, 0.5) is 5.69 Å². The minimum atomic E-state index is -0.493. The summed E-state index contributed by atoms with van der Waals surface area (Å²) < 4.78 is 12.3. The van der Waals surface area contributed by atoms with E-state index in [1.165, 1.54) is 31.0 Å². The van der Waals surface area contributed by atoms with Gasteiger partial charge in [-0.3, -0.25) is 10.1 Å². The van der Waals surface area contributed by atoms with E-state index in [9.17, 15) is 10.1 Å². The maximum Gasteiger partial charge on any atom is 0.298 e. The summed E-state index contributed by atoms with van der Waals surface area (Å²) in [5.41, 5.74) is 0.182. The molecule has 0 amide bonds. The molecule has 1 aromatic carbocycles. The Bertz CT molecular complexity index is 626. The van der Waals surface area contributed by atoms with Crippen molar-refractivity contribution in [3.63, 3.8) is 0 Å². The summed E-state index contributed by atoms with van der Waals surface area (Å²) >= 11 is 3.25. The van der Waals surface area contributed by atoms with Crippen molar-refractivity contribution in [1.82, 2.24) is 9.78 Å². The Morgan fingerprint density at radius 2 is 1.95 bits per heavy atom. The number of benzene rings is 1. The van der Waals surface area contributed by atoms with Gasteiger partial charge >= 0.3 is 0 Å². The third-order valence-electron chi connectivity index (χ3n) is 2.48. The Hall–Kier alpha value is -2.09. The van der Waals surface area contributed by atoms with E-state index in [1.807, 2.05) is 0 Å². The summed E-state index contributed by atoms with van der Waals surface area (Å²) in [6, 6.07) is 2.82. The number of halogens is 1. The van der Waals surface area contributed by atoms with Crippen LogP contribution in [0.1, 0.15) is 0 Å². The highest BCUT2D eigenvalue weighted by Crippen LogP contribution is 2.36. The van der Waals surface area contributed by atoms with Crippen LogP contribution in [0.25, 0.3) is 5.69 Å². The van der Waals surface area contributed by atoms with Crippen molar-refractivity contribution < 1.29 is 14.4 Å². The minimum Gasteiger partial charge on any atom is -0.493 e. The van der Waals surface area contributed by atoms with E-state index < -0.39 is 4.92 Å². The normalized spacial score (nSPS) is 10.3. The van der Waals surface area contributed by atoms with Gasteiger partial charge in [0.15, 0.2) is 11.5 Å². The lowest BCUT2D eigenvalue weighted by Crippen LogP contribution is -2.02. The van der Waals surface area contributed by atoms with Gasteiger partial charge in [0.05, 0.1) is 35.9 Å². The molecule has 0 atom stereocenters. The van der Waals surface area contributed by atoms with Crippen molar-refractivity contribution in [2.45, 2.75) is 0 Å². The standard InChI is InChI=1S/C11H10BrN3O4/c1-18-10-3-8(14-6-7(12)5-13-14)9(15(16)17)4-11(10)19-2/h3-6H,1-2H3. The lowest BCUT2D eigenvalue weighted by atomic mass is 10.2. The Balaban J connectivity index is 2.67. The van der Waals surface area contributed by atoms with Crippen LogP contribution < -0.4 is 9.47 Å². The predicted octanol–water partition coefficient (Wildman–Crippen LogP) is 2.56. The van der Waals surface area contributed by atoms with Crippen molar-refractivity contribution in [2.75, 3.05) is 14.2 Å². The maximum absolute atomic E-state index is 11.1. The highest BCUT2D eigenvalue weighted by atomic mass is 79.9. The highest BCUT2D eigenvalue weighted by Gasteiger charge is 2.21. The van der Waals surface area contributed by atoms with Gasteiger partial charge in [0.2, 0.25) is 0 Å². The third kappa shape index (κ3) is 2.53. The molecule has 2 aromatic rings. The fourth-order valence-electron chi connectivity index (χ4n) is 1.62. The fourth-order valence-corrected chi connectivity index (χ4v) is 1.91. The van der Waals surface area contributed by atoms with Gasteiger partial charge in [-0.1, -0.05) is 0 Å². The van der Waals surface area contributed by atoms with Crippen molar-refractivity contribution in [3.8, 4) is 17.2 Å². The molecule has 1 heterocycles. The first-order valence-electron chi connectivity index (χ1n) is 5.17. The summed E-state index contributed by atoms with van der Waals surface area (Å²) in [6.45, 7) is 0. The molecule has 0 unspecified atom stereocenters. The number of methoxy groups -OCH3 is 2. The largest absolute Gasteiger partial charge is 0.493 e. The zero-order chi connectivity index (χ0) is 14.0. The summed E-state index contributed by atoms with van der Waals surface area (Å²) in [5, 5.41) is 15.2. The Morgan fingerprint density at radius 1 is 1.32 bits per heavy atom. The average molecular weight is 328 g/mol. The van der Waals surface area contributed by atoms with Gasteiger partial charge in [0.1, 0.15) is 5.69 Å². The van der Waals surface area contributed by atoms with Gasteiger partial charge in [-0.15, -0.1) is 0 Å². The third-order valence-corrected chi connectivity index (χ3v) is 2.88. The van der Waals surface area contributed by atoms with E-state index >= 15 is 0 Å². The molecule has 0 saturated carbocycles. The number of rotatable bonds is 4. The molecule has 0 fully saturated rings. The van der Waals surface area contributed by atoms with E-state index in [1.54, 1.807) is 12.4 Å².